The van der Waals surface area contributed by atoms with Crippen LogP contribution in [-0.4, -0.2) is 30.1 Å². The van der Waals surface area contributed by atoms with Crippen LogP contribution >= 0.6 is 0 Å². The van der Waals surface area contributed by atoms with E-state index in [9.17, 15) is 17.6 Å². The first-order valence-corrected chi connectivity index (χ1v) is 7.46. The van der Waals surface area contributed by atoms with Crippen LogP contribution < -0.4 is 9.47 Å². The molecular formula is C17H14F4N2O3. The second-order valence-corrected chi connectivity index (χ2v) is 5.41. The lowest BCUT2D eigenvalue weighted by molar-refractivity contribution is -0.275. The zero-order valence-electron chi connectivity index (χ0n) is 13.6. The summed E-state index contributed by atoms with van der Waals surface area (Å²) in [5.74, 6) is -1.63. The number of methoxy groups -OCH3 is 1. The molecule has 0 radical (unpaired) electrons. The van der Waals surface area contributed by atoms with Crippen LogP contribution in [0.1, 0.15) is 5.56 Å². The quantitative estimate of drug-likeness (QED) is 0.743. The average molecular weight is 370 g/mol. The van der Waals surface area contributed by atoms with Gasteiger partial charge in [-0.2, -0.15) is 0 Å². The number of alkyl halides is 3. The van der Waals surface area contributed by atoms with E-state index in [1.165, 1.54) is 19.4 Å². The fraction of sp³-hybridized carbons (Fsp3) is 0.235. The molecule has 1 aromatic carbocycles. The Balaban J connectivity index is 1.93. The van der Waals surface area contributed by atoms with Gasteiger partial charge in [-0.15, -0.1) is 13.2 Å². The van der Waals surface area contributed by atoms with Gasteiger partial charge >= 0.3 is 6.36 Å². The number of hydrogen-bond donors (Lipinski definition) is 0. The standard InChI is InChI=1S/C17H14F4N2O3/c1-24-16-13(9-23-4-5-25-10-23)6-12(8-22-16)11-2-3-14(18)15(7-11)26-17(19,20)21/h2-8H,9-10H2,1H3. The smallest absolute Gasteiger partial charge is 0.481 e. The monoisotopic (exact) mass is 370 g/mol. The maximum atomic E-state index is 13.6. The summed E-state index contributed by atoms with van der Waals surface area (Å²) in [6.45, 7) is 0.793. The van der Waals surface area contributed by atoms with Crippen LogP contribution in [0.4, 0.5) is 17.6 Å². The van der Waals surface area contributed by atoms with E-state index in [1.54, 1.807) is 18.5 Å². The van der Waals surface area contributed by atoms with Gasteiger partial charge in [-0.05, 0) is 23.8 Å². The van der Waals surface area contributed by atoms with Gasteiger partial charge in [0.15, 0.2) is 18.3 Å². The van der Waals surface area contributed by atoms with Gasteiger partial charge in [0, 0.05) is 23.5 Å². The van der Waals surface area contributed by atoms with Crippen molar-refractivity contribution in [3.05, 3.63) is 54.3 Å². The largest absolute Gasteiger partial charge is 0.573 e. The zero-order chi connectivity index (χ0) is 18.7. The Hall–Kier alpha value is -2.97. The van der Waals surface area contributed by atoms with E-state index in [0.717, 1.165) is 12.1 Å². The SMILES string of the molecule is COc1ncc(-c2ccc(F)c(OC(F)(F)F)c2)cc1CN1C=COC1. The van der Waals surface area contributed by atoms with Crippen LogP contribution in [0.25, 0.3) is 11.1 Å². The Morgan fingerprint density at radius 2 is 2.04 bits per heavy atom. The van der Waals surface area contributed by atoms with Crippen molar-refractivity contribution in [3.63, 3.8) is 0 Å². The number of aromatic nitrogens is 1. The molecule has 0 fully saturated rings. The predicted octanol–water partition coefficient (Wildman–Crippen LogP) is 4.06. The molecule has 138 valence electrons. The third-order valence-corrected chi connectivity index (χ3v) is 3.59. The van der Waals surface area contributed by atoms with Crippen LogP contribution in [0, 0.1) is 5.82 Å². The van der Waals surface area contributed by atoms with E-state index in [2.05, 4.69) is 9.72 Å². The van der Waals surface area contributed by atoms with Gasteiger partial charge in [0.25, 0.3) is 0 Å². The molecule has 1 aliphatic heterocycles. The number of benzene rings is 1. The predicted molar refractivity (Wildman–Crippen MR) is 83.5 cm³/mol. The van der Waals surface area contributed by atoms with E-state index in [-0.39, 0.29) is 0 Å². The fourth-order valence-corrected chi connectivity index (χ4v) is 2.47. The average Bonchev–Trinajstić information content (AvgIpc) is 3.08. The highest BCUT2D eigenvalue weighted by molar-refractivity contribution is 5.65. The Morgan fingerprint density at radius 1 is 1.23 bits per heavy atom. The van der Waals surface area contributed by atoms with Crippen molar-refractivity contribution in [2.75, 3.05) is 13.8 Å². The van der Waals surface area contributed by atoms with Crippen molar-refractivity contribution in [2.24, 2.45) is 0 Å². The lowest BCUT2D eigenvalue weighted by atomic mass is 10.0. The minimum Gasteiger partial charge on any atom is -0.481 e. The normalized spacial score (nSPS) is 13.7. The lowest BCUT2D eigenvalue weighted by Crippen LogP contribution is -2.18. The van der Waals surface area contributed by atoms with Gasteiger partial charge in [-0.25, -0.2) is 9.37 Å². The molecule has 9 heteroatoms. The van der Waals surface area contributed by atoms with Crippen molar-refractivity contribution in [1.29, 1.82) is 0 Å². The maximum absolute atomic E-state index is 13.6. The zero-order valence-corrected chi connectivity index (χ0v) is 13.6. The first kappa shape index (κ1) is 17.8. The first-order valence-electron chi connectivity index (χ1n) is 7.46. The summed E-state index contributed by atoms with van der Waals surface area (Å²) < 4.78 is 64.9. The summed E-state index contributed by atoms with van der Waals surface area (Å²) in [6.07, 6.45) is -0.252. The van der Waals surface area contributed by atoms with Crippen LogP contribution in [-0.2, 0) is 11.3 Å². The highest BCUT2D eigenvalue weighted by Gasteiger charge is 2.32. The first-order chi connectivity index (χ1) is 12.4. The van der Waals surface area contributed by atoms with E-state index >= 15 is 0 Å². The van der Waals surface area contributed by atoms with Crippen molar-refractivity contribution >= 4 is 0 Å². The van der Waals surface area contributed by atoms with E-state index in [4.69, 9.17) is 9.47 Å². The van der Waals surface area contributed by atoms with E-state index in [1.807, 2.05) is 4.90 Å². The third kappa shape index (κ3) is 4.16. The van der Waals surface area contributed by atoms with Crippen LogP contribution in [0.15, 0.2) is 42.9 Å². The Morgan fingerprint density at radius 3 is 2.69 bits per heavy atom. The molecule has 5 nitrogen and oxygen atoms in total. The molecule has 0 aliphatic carbocycles. The summed E-state index contributed by atoms with van der Waals surface area (Å²) >= 11 is 0. The van der Waals surface area contributed by atoms with Crippen LogP contribution in [0.5, 0.6) is 11.6 Å². The van der Waals surface area contributed by atoms with Crippen molar-refractivity contribution in [2.45, 2.75) is 12.9 Å². The molecule has 0 N–H and O–H groups in total. The Kier molecular flexibility index (Phi) is 4.88. The lowest BCUT2D eigenvalue weighted by Gasteiger charge is -2.16. The van der Waals surface area contributed by atoms with Gasteiger partial charge in [0.2, 0.25) is 5.88 Å². The molecule has 0 saturated heterocycles. The molecule has 26 heavy (non-hydrogen) atoms. The molecule has 1 aromatic heterocycles. The highest BCUT2D eigenvalue weighted by atomic mass is 19.4. The minimum absolute atomic E-state index is 0.329. The topological polar surface area (TPSA) is 43.8 Å². The van der Waals surface area contributed by atoms with E-state index in [0.29, 0.717) is 35.8 Å². The van der Waals surface area contributed by atoms with Gasteiger partial charge in [-0.3, -0.25) is 0 Å². The molecule has 0 bridgehead atoms. The highest BCUT2D eigenvalue weighted by Crippen LogP contribution is 2.32. The molecule has 0 amide bonds. The molecule has 2 aromatic rings. The number of ether oxygens (including phenoxy) is 3. The summed E-state index contributed by atoms with van der Waals surface area (Å²) in [4.78, 5) is 6.03. The fourth-order valence-electron chi connectivity index (χ4n) is 2.47. The summed E-state index contributed by atoms with van der Waals surface area (Å²) in [6, 6.07) is 4.96. The van der Waals surface area contributed by atoms with Gasteiger partial charge < -0.3 is 19.1 Å². The van der Waals surface area contributed by atoms with Crippen molar-refractivity contribution in [3.8, 4) is 22.8 Å². The van der Waals surface area contributed by atoms with Crippen molar-refractivity contribution in [1.82, 2.24) is 9.88 Å². The third-order valence-electron chi connectivity index (χ3n) is 3.59. The van der Waals surface area contributed by atoms with Crippen molar-refractivity contribution < 1.29 is 31.8 Å². The molecule has 0 unspecified atom stereocenters. The summed E-state index contributed by atoms with van der Waals surface area (Å²) in [5.41, 5.74) is 1.52. The second kappa shape index (κ2) is 7.11. The van der Waals surface area contributed by atoms with E-state index < -0.39 is 17.9 Å². The number of rotatable bonds is 5. The number of pyridine rings is 1. The second-order valence-electron chi connectivity index (χ2n) is 5.41. The van der Waals surface area contributed by atoms with Gasteiger partial charge in [-0.1, -0.05) is 6.07 Å². The minimum atomic E-state index is -4.98. The molecule has 1 aliphatic rings. The number of nitrogens with zero attached hydrogens (tertiary/aromatic N) is 2. The molecule has 0 saturated carbocycles. The van der Waals surface area contributed by atoms with Crippen LogP contribution in [0.3, 0.4) is 0 Å². The van der Waals surface area contributed by atoms with Crippen LogP contribution in [0.2, 0.25) is 0 Å². The maximum Gasteiger partial charge on any atom is 0.573 e. The molecular weight excluding hydrogens is 356 g/mol. The number of halogens is 4. The van der Waals surface area contributed by atoms with Gasteiger partial charge in [0.1, 0.15) is 6.26 Å². The molecule has 3 rings (SSSR count). The molecule has 0 atom stereocenters. The Labute approximate surface area is 146 Å². The summed E-state index contributed by atoms with van der Waals surface area (Å²) in [7, 11) is 1.47. The summed E-state index contributed by atoms with van der Waals surface area (Å²) in [5, 5.41) is 0. The number of hydrogen-bond acceptors (Lipinski definition) is 5. The Bertz CT molecular complexity index is 824. The van der Waals surface area contributed by atoms with Gasteiger partial charge in [0.05, 0.1) is 13.7 Å². The molecule has 0 spiro atoms. The molecule has 2 heterocycles.